The van der Waals surface area contributed by atoms with Crippen LogP contribution in [-0.2, 0) is 11.2 Å². The Morgan fingerprint density at radius 1 is 1.07 bits per heavy atom. The van der Waals surface area contributed by atoms with Crippen molar-refractivity contribution in [3.63, 3.8) is 0 Å². The van der Waals surface area contributed by atoms with Gasteiger partial charge in [-0.25, -0.2) is 0 Å². The number of benzene rings is 1. The quantitative estimate of drug-likeness (QED) is 0.817. The van der Waals surface area contributed by atoms with Crippen LogP contribution in [-0.4, -0.2) is 34.8 Å². The van der Waals surface area contributed by atoms with E-state index < -0.39 is 0 Å². The van der Waals surface area contributed by atoms with Crippen LogP contribution in [0.5, 0.6) is 0 Å². The molecule has 5 nitrogen and oxygen atoms in total. The summed E-state index contributed by atoms with van der Waals surface area (Å²) in [4.78, 5) is 30.6. The summed E-state index contributed by atoms with van der Waals surface area (Å²) in [5, 5.41) is 0. The summed E-state index contributed by atoms with van der Waals surface area (Å²) in [7, 11) is 0. The van der Waals surface area contributed by atoms with Crippen LogP contribution in [0.4, 0.5) is 0 Å². The molecule has 2 aliphatic rings. The van der Waals surface area contributed by atoms with Gasteiger partial charge in [0.05, 0.1) is 6.42 Å². The number of allylic oxidation sites excluding steroid dienone is 2. The third kappa shape index (κ3) is 4.61. The van der Waals surface area contributed by atoms with Crippen molar-refractivity contribution >= 4 is 17.4 Å². The predicted molar refractivity (Wildman–Crippen MR) is 118 cm³/mol. The molecule has 0 atom stereocenters. The minimum absolute atomic E-state index is 0.178. The predicted octanol–water partition coefficient (Wildman–Crippen LogP) is 4.09. The van der Waals surface area contributed by atoms with Crippen LogP contribution in [0.15, 0.2) is 48.8 Å². The second-order valence-electron chi connectivity index (χ2n) is 8.33. The average Bonchev–Trinajstić information content (AvgIpc) is 2.80. The van der Waals surface area contributed by atoms with Crippen LogP contribution in [0.25, 0.3) is 5.57 Å². The van der Waals surface area contributed by atoms with Crippen molar-refractivity contribution in [3.8, 4) is 0 Å². The molecule has 1 aliphatic carbocycles. The molecule has 2 heterocycles. The van der Waals surface area contributed by atoms with Gasteiger partial charge in [-0.1, -0.05) is 18.2 Å². The maximum absolute atomic E-state index is 12.6. The fourth-order valence-corrected chi connectivity index (χ4v) is 4.63. The second kappa shape index (κ2) is 9.24. The van der Waals surface area contributed by atoms with Crippen LogP contribution < -0.4 is 5.73 Å². The minimum Gasteiger partial charge on any atom is -0.366 e. The number of amides is 2. The molecular weight excluding hydrogens is 374 g/mol. The Bertz CT molecular complexity index is 944. The van der Waals surface area contributed by atoms with Gasteiger partial charge in [-0.15, -0.1) is 0 Å². The van der Waals surface area contributed by atoms with Crippen LogP contribution in [0.3, 0.4) is 0 Å². The highest BCUT2D eigenvalue weighted by Gasteiger charge is 2.25. The van der Waals surface area contributed by atoms with Gasteiger partial charge in [0.15, 0.2) is 0 Å². The molecule has 2 amide bonds. The Kier molecular flexibility index (Phi) is 6.26. The molecule has 0 radical (unpaired) electrons. The molecule has 2 aromatic rings. The second-order valence-corrected chi connectivity index (χ2v) is 8.33. The van der Waals surface area contributed by atoms with E-state index in [1.54, 1.807) is 12.4 Å². The summed E-state index contributed by atoms with van der Waals surface area (Å²) in [6.07, 6.45) is 12.5. The summed E-state index contributed by atoms with van der Waals surface area (Å²) in [5.41, 5.74) is 10.8. The van der Waals surface area contributed by atoms with Crippen LogP contribution in [0, 0.1) is 0 Å². The van der Waals surface area contributed by atoms with E-state index in [4.69, 9.17) is 5.73 Å². The maximum Gasteiger partial charge on any atom is 0.249 e. The Morgan fingerprint density at radius 3 is 2.50 bits per heavy atom. The number of pyridine rings is 1. The van der Waals surface area contributed by atoms with Crippen molar-refractivity contribution in [2.75, 3.05) is 13.1 Å². The van der Waals surface area contributed by atoms with Gasteiger partial charge in [-0.2, -0.15) is 0 Å². The Morgan fingerprint density at radius 2 is 1.83 bits per heavy atom. The molecule has 2 N–H and O–H groups in total. The molecule has 0 saturated carbocycles. The first kappa shape index (κ1) is 20.3. The van der Waals surface area contributed by atoms with E-state index >= 15 is 0 Å². The third-order valence-electron chi connectivity index (χ3n) is 6.37. The van der Waals surface area contributed by atoms with Gasteiger partial charge in [0.2, 0.25) is 11.8 Å². The number of rotatable bonds is 5. The molecule has 5 heteroatoms. The third-order valence-corrected chi connectivity index (χ3v) is 6.37. The van der Waals surface area contributed by atoms with E-state index in [2.05, 4.69) is 17.1 Å². The highest BCUT2D eigenvalue weighted by Crippen LogP contribution is 2.34. The summed E-state index contributed by atoms with van der Waals surface area (Å²) in [5.74, 6) is 0.219. The Balaban J connectivity index is 1.45. The number of carbonyl (C=O) groups excluding carboxylic acids is 2. The van der Waals surface area contributed by atoms with E-state index in [0.717, 1.165) is 56.3 Å². The lowest BCUT2D eigenvalue weighted by Crippen LogP contribution is -2.38. The van der Waals surface area contributed by atoms with Gasteiger partial charge in [0.25, 0.3) is 0 Å². The molecule has 0 spiro atoms. The zero-order valence-electron chi connectivity index (χ0n) is 17.3. The monoisotopic (exact) mass is 403 g/mol. The van der Waals surface area contributed by atoms with Gasteiger partial charge in [-0.3, -0.25) is 14.6 Å². The number of hydrogen-bond donors (Lipinski definition) is 1. The fraction of sp³-hybridized carbons (Fsp3) is 0.400. The fourth-order valence-electron chi connectivity index (χ4n) is 4.63. The van der Waals surface area contributed by atoms with Crippen LogP contribution >= 0.6 is 0 Å². The molecule has 156 valence electrons. The zero-order valence-corrected chi connectivity index (χ0v) is 17.3. The molecule has 4 rings (SSSR count). The summed E-state index contributed by atoms with van der Waals surface area (Å²) in [6.45, 7) is 1.54. The van der Waals surface area contributed by atoms with E-state index in [-0.39, 0.29) is 11.8 Å². The van der Waals surface area contributed by atoms with Gasteiger partial charge in [0, 0.05) is 31.0 Å². The number of nitrogens with two attached hydrogens (primary N) is 1. The number of primary amides is 1. The van der Waals surface area contributed by atoms with Crippen LogP contribution in [0.1, 0.15) is 71.5 Å². The van der Waals surface area contributed by atoms with Crippen molar-refractivity contribution in [3.05, 3.63) is 71.1 Å². The summed E-state index contributed by atoms with van der Waals surface area (Å²) in [6, 6.07) is 9.91. The van der Waals surface area contributed by atoms with E-state index in [0.29, 0.717) is 17.9 Å². The number of aromatic nitrogens is 1. The van der Waals surface area contributed by atoms with Crippen molar-refractivity contribution in [1.29, 1.82) is 0 Å². The molecule has 0 unspecified atom stereocenters. The Labute approximate surface area is 178 Å². The first-order chi connectivity index (χ1) is 14.6. The summed E-state index contributed by atoms with van der Waals surface area (Å²) < 4.78 is 0. The van der Waals surface area contributed by atoms with Crippen LogP contribution in [0.2, 0.25) is 0 Å². The number of piperidine rings is 1. The minimum atomic E-state index is -0.362. The molecule has 1 aromatic carbocycles. The molecule has 1 fully saturated rings. The molecule has 1 saturated heterocycles. The van der Waals surface area contributed by atoms with E-state index in [1.165, 1.54) is 17.6 Å². The highest BCUT2D eigenvalue weighted by atomic mass is 16.2. The van der Waals surface area contributed by atoms with Gasteiger partial charge >= 0.3 is 0 Å². The largest absolute Gasteiger partial charge is 0.366 e. The number of nitrogens with zero attached hydrogens (tertiary/aromatic N) is 2. The standard InChI is InChI=1S/C25H29N3O2/c26-25(30)22-7-6-21(17-23(22)20-4-2-1-3-5-20)19-10-14-28(15-11-19)24(29)16-18-8-12-27-13-9-18/h4,6-9,12-13,17,19H,1-3,5,10-11,14-16H2,(H2,26,30). The van der Waals surface area contributed by atoms with Gasteiger partial charge in [-0.05, 0) is 84.9 Å². The lowest BCUT2D eigenvalue weighted by Gasteiger charge is -2.32. The topological polar surface area (TPSA) is 76.3 Å². The SMILES string of the molecule is NC(=O)c1ccc(C2CCN(C(=O)Cc3ccncc3)CC2)cc1C1=CCCCC1. The highest BCUT2D eigenvalue weighted by molar-refractivity contribution is 5.98. The van der Waals surface area contributed by atoms with Crippen molar-refractivity contribution in [2.45, 2.75) is 50.9 Å². The number of hydrogen-bond acceptors (Lipinski definition) is 3. The smallest absolute Gasteiger partial charge is 0.249 e. The van der Waals surface area contributed by atoms with Gasteiger partial charge in [0.1, 0.15) is 0 Å². The average molecular weight is 404 g/mol. The van der Waals surface area contributed by atoms with Crippen molar-refractivity contribution in [1.82, 2.24) is 9.88 Å². The number of likely N-dealkylation sites (tertiary alicyclic amines) is 1. The molecule has 30 heavy (non-hydrogen) atoms. The Hall–Kier alpha value is -2.95. The van der Waals surface area contributed by atoms with E-state index in [1.807, 2.05) is 29.2 Å². The number of carbonyl (C=O) groups is 2. The first-order valence-electron chi connectivity index (χ1n) is 10.9. The zero-order chi connectivity index (χ0) is 20.9. The summed E-state index contributed by atoms with van der Waals surface area (Å²) >= 11 is 0. The lowest BCUT2D eigenvalue weighted by atomic mass is 9.84. The normalized spacial score (nSPS) is 17.5. The maximum atomic E-state index is 12.6. The molecular formula is C25H29N3O2. The molecule has 0 bridgehead atoms. The van der Waals surface area contributed by atoms with Crippen molar-refractivity contribution in [2.24, 2.45) is 5.73 Å². The lowest BCUT2D eigenvalue weighted by molar-refractivity contribution is -0.131. The van der Waals surface area contributed by atoms with Crippen molar-refractivity contribution < 1.29 is 9.59 Å². The molecule has 1 aliphatic heterocycles. The van der Waals surface area contributed by atoms with E-state index in [9.17, 15) is 9.59 Å². The first-order valence-corrected chi connectivity index (χ1v) is 10.9. The van der Waals surface area contributed by atoms with Gasteiger partial charge < -0.3 is 10.6 Å². The molecule has 1 aromatic heterocycles.